The molecule has 0 unspecified atom stereocenters. The molecular weight excluding hydrogens is 250 g/mol. The Morgan fingerprint density at radius 2 is 1.79 bits per heavy atom. The summed E-state index contributed by atoms with van der Waals surface area (Å²) in [6.07, 6.45) is 2.76. The van der Waals surface area contributed by atoms with E-state index >= 15 is 0 Å². The first-order valence-corrected chi connectivity index (χ1v) is 6.55. The highest BCUT2D eigenvalue weighted by Crippen LogP contribution is 2.00. The molecule has 0 spiro atoms. The maximum absolute atomic E-state index is 11.4. The Balaban J connectivity index is 3.99. The minimum absolute atomic E-state index is 0.161. The van der Waals surface area contributed by atoms with Gasteiger partial charge in [0.25, 0.3) is 0 Å². The van der Waals surface area contributed by atoms with Crippen molar-refractivity contribution < 1.29 is 19.5 Å². The average Bonchev–Trinajstić information content (AvgIpc) is 2.38. The van der Waals surface area contributed by atoms with Gasteiger partial charge in [-0.2, -0.15) is 0 Å². The molecule has 0 heterocycles. The number of carboxylic acids is 1. The van der Waals surface area contributed by atoms with E-state index in [9.17, 15) is 14.4 Å². The number of urea groups is 1. The Morgan fingerprint density at radius 3 is 2.32 bits per heavy atom. The second kappa shape index (κ2) is 10.2. The van der Waals surface area contributed by atoms with Gasteiger partial charge in [-0.15, -0.1) is 0 Å². The number of carbonyl (C=O) groups excluding carboxylic acids is 2. The topological polar surface area (TPSA) is 108 Å². The Hall–Kier alpha value is -1.79. The van der Waals surface area contributed by atoms with Crippen molar-refractivity contribution in [2.45, 2.75) is 45.6 Å². The van der Waals surface area contributed by atoms with Crippen molar-refractivity contribution >= 4 is 17.9 Å². The van der Waals surface area contributed by atoms with E-state index in [2.05, 4.69) is 16.0 Å². The van der Waals surface area contributed by atoms with Crippen molar-refractivity contribution in [1.29, 1.82) is 0 Å². The van der Waals surface area contributed by atoms with Gasteiger partial charge in [-0.3, -0.25) is 4.79 Å². The zero-order chi connectivity index (χ0) is 14.7. The van der Waals surface area contributed by atoms with E-state index in [0.29, 0.717) is 19.4 Å². The first kappa shape index (κ1) is 17.2. The fourth-order valence-electron chi connectivity index (χ4n) is 1.36. The molecule has 110 valence electrons. The summed E-state index contributed by atoms with van der Waals surface area (Å²) in [4.78, 5) is 33.6. The number of rotatable bonds is 9. The van der Waals surface area contributed by atoms with Crippen LogP contribution in [0.3, 0.4) is 0 Å². The van der Waals surface area contributed by atoms with Crippen molar-refractivity contribution in [3.63, 3.8) is 0 Å². The molecule has 0 radical (unpaired) electrons. The largest absolute Gasteiger partial charge is 0.480 e. The Labute approximate surface area is 113 Å². The number of hydrogen-bond donors (Lipinski definition) is 4. The van der Waals surface area contributed by atoms with Crippen molar-refractivity contribution in [3.05, 3.63) is 0 Å². The molecule has 0 aromatic heterocycles. The van der Waals surface area contributed by atoms with Gasteiger partial charge < -0.3 is 21.1 Å². The van der Waals surface area contributed by atoms with Crippen molar-refractivity contribution in [2.24, 2.45) is 0 Å². The van der Waals surface area contributed by atoms with Crippen LogP contribution in [-0.2, 0) is 9.59 Å². The maximum Gasteiger partial charge on any atom is 0.326 e. The van der Waals surface area contributed by atoms with Gasteiger partial charge in [-0.05, 0) is 12.8 Å². The van der Waals surface area contributed by atoms with E-state index in [1.807, 2.05) is 13.8 Å². The van der Waals surface area contributed by atoms with E-state index in [0.717, 1.165) is 12.8 Å². The van der Waals surface area contributed by atoms with Crippen LogP contribution in [0, 0.1) is 0 Å². The molecule has 0 aromatic rings. The highest BCUT2D eigenvalue weighted by Gasteiger charge is 2.19. The van der Waals surface area contributed by atoms with Crippen LogP contribution in [0.4, 0.5) is 4.79 Å². The minimum Gasteiger partial charge on any atom is -0.480 e. The molecule has 4 N–H and O–H groups in total. The summed E-state index contributed by atoms with van der Waals surface area (Å²) in [6.45, 7) is 4.25. The minimum atomic E-state index is -1.07. The Kier molecular flexibility index (Phi) is 9.20. The number of nitrogens with one attached hydrogen (secondary N) is 3. The van der Waals surface area contributed by atoms with Crippen LogP contribution in [0.25, 0.3) is 0 Å². The fraction of sp³-hybridized carbons (Fsp3) is 0.750. The predicted molar refractivity (Wildman–Crippen MR) is 70.8 cm³/mol. The molecule has 3 amide bonds. The molecule has 0 fully saturated rings. The number of aliphatic carboxylic acids is 1. The summed E-state index contributed by atoms with van der Waals surface area (Å²) in [5.74, 6) is -1.36. The lowest BCUT2D eigenvalue weighted by Crippen LogP contribution is -2.48. The molecule has 0 bridgehead atoms. The van der Waals surface area contributed by atoms with E-state index in [1.165, 1.54) is 0 Å². The van der Waals surface area contributed by atoms with Crippen LogP contribution in [-0.4, -0.2) is 42.1 Å². The molecule has 19 heavy (non-hydrogen) atoms. The van der Waals surface area contributed by atoms with Crippen molar-refractivity contribution in [1.82, 2.24) is 16.0 Å². The smallest absolute Gasteiger partial charge is 0.326 e. The number of carbonyl (C=O) groups is 3. The lowest BCUT2D eigenvalue weighted by atomic mass is 10.1. The first-order chi connectivity index (χ1) is 9.01. The van der Waals surface area contributed by atoms with Gasteiger partial charge >= 0.3 is 12.0 Å². The van der Waals surface area contributed by atoms with Gasteiger partial charge in [0.2, 0.25) is 5.91 Å². The first-order valence-electron chi connectivity index (χ1n) is 6.55. The van der Waals surface area contributed by atoms with Crippen molar-refractivity contribution in [2.75, 3.05) is 13.1 Å². The van der Waals surface area contributed by atoms with Crippen LogP contribution in [0.1, 0.15) is 39.5 Å². The lowest BCUT2D eigenvalue weighted by molar-refractivity contribution is -0.139. The molecule has 0 rings (SSSR count). The van der Waals surface area contributed by atoms with Gasteiger partial charge in [0.05, 0.1) is 6.54 Å². The molecule has 0 aliphatic rings. The molecular formula is C12H23N3O4. The van der Waals surface area contributed by atoms with Gasteiger partial charge in [0, 0.05) is 6.54 Å². The monoisotopic (exact) mass is 273 g/mol. The molecule has 7 heteroatoms. The van der Waals surface area contributed by atoms with Crippen LogP contribution >= 0.6 is 0 Å². The third-order valence-electron chi connectivity index (χ3n) is 2.43. The van der Waals surface area contributed by atoms with Gasteiger partial charge in [0.15, 0.2) is 0 Å². The number of carboxylic acid groups (broad SMARTS) is 1. The van der Waals surface area contributed by atoms with E-state index in [-0.39, 0.29) is 12.5 Å². The van der Waals surface area contributed by atoms with Gasteiger partial charge in [0.1, 0.15) is 6.04 Å². The zero-order valence-corrected chi connectivity index (χ0v) is 11.5. The van der Waals surface area contributed by atoms with Crippen LogP contribution in [0.2, 0.25) is 0 Å². The third kappa shape index (κ3) is 8.87. The standard InChI is InChI=1S/C12H23N3O4/c1-3-5-6-9(11(17)18)15-12(19)14-8-10(16)13-7-4-2/h9H,3-8H2,1-2H3,(H,13,16)(H,17,18)(H2,14,15,19)/t9-/m0/s1. The summed E-state index contributed by atoms with van der Waals surface area (Å²) in [6, 6.07) is -1.56. The zero-order valence-electron chi connectivity index (χ0n) is 11.5. The van der Waals surface area contributed by atoms with E-state index in [4.69, 9.17) is 5.11 Å². The van der Waals surface area contributed by atoms with Gasteiger partial charge in [-0.25, -0.2) is 9.59 Å². The number of amides is 3. The lowest BCUT2D eigenvalue weighted by Gasteiger charge is -2.14. The third-order valence-corrected chi connectivity index (χ3v) is 2.43. The van der Waals surface area contributed by atoms with Gasteiger partial charge in [-0.1, -0.05) is 26.7 Å². The molecule has 0 aliphatic carbocycles. The molecule has 0 aliphatic heterocycles. The molecule has 0 aromatic carbocycles. The quantitative estimate of drug-likeness (QED) is 0.489. The Morgan fingerprint density at radius 1 is 1.11 bits per heavy atom. The molecule has 0 saturated carbocycles. The van der Waals surface area contributed by atoms with Crippen LogP contribution in [0.5, 0.6) is 0 Å². The Bertz CT molecular complexity index is 307. The van der Waals surface area contributed by atoms with E-state index in [1.54, 1.807) is 0 Å². The SMILES string of the molecule is CCCC[C@H](NC(=O)NCC(=O)NCCC)C(=O)O. The van der Waals surface area contributed by atoms with Crippen LogP contribution < -0.4 is 16.0 Å². The number of hydrogen-bond acceptors (Lipinski definition) is 3. The molecule has 1 atom stereocenters. The average molecular weight is 273 g/mol. The summed E-state index contributed by atoms with van der Waals surface area (Å²) >= 11 is 0. The summed E-state index contributed by atoms with van der Waals surface area (Å²) in [7, 11) is 0. The highest BCUT2D eigenvalue weighted by molar-refractivity contribution is 5.86. The maximum atomic E-state index is 11.4. The normalized spacial score (nSPS) is 11.5. The van der Waals surface area contributed by atoms with Crippen LogP contribution in [0.15, 0.2) is 0 Å². The van der Waals surface area contributed by atoms with Crippen molar-refractivity contribution in [3.8, 4) is 0 Å². The second-order valence-corrected chi connectivity index (χ2v) is 4.21. The summed E-state index contributed by atoms with van der Waals surface area (Å²) in [5, 5.41) is 16.2. The second-order valence-electron chi connectivity index (χ2n) is 4.21. The predicted octanol–water partition coefficient (Wildman–Crippen LogP) is 0.455. The highest BCUT2D eigenvalue weighted by atomic mass is 16.4. The number of unbranched alkanes of at least 4 members (excludes halogenated alkanes) is 1. The van der Waals surface area contributed by atoms with E-state index < -0.39 is 18.0 Å². The molecule has 7 nitrogen and oxygen atoms in total. The molecule has 0 saturated heterocycles. The fourth-order valence-corrected chi connectivity index (χ4v) is 1.36. The summed E-state index contributed by atoms with van der Waals surface area (Å²) in [5.41, 5.74) is 0. The summed E-state index contributed by atoms with van der Waals surface area (Å²) < 4.78 is 0.